The highest BCUT2D eigenvalue weighted by molar-refractivity contribution is 6.27. The Morgan fingerprint density at radius 2 is 1.48 bits per heavy atom. The number of methoxy groups -OCH3 is 2. The molecule has 3 rings (SSSR count). The van der Waals surface area contributed by atoms with E-state index in [2.05, 4.69) is 5.32 Å². The van der Waals surface area contributed by atoms with Crippen molar-refractivity contribution >= 4 is 23.4 Å². The predicted molar refractivity (Wildman–Crippen MR) is 130 cm³/mol. The van der Waals surface area contributed by atoms with E-state index < -0.39 is 6.04 Å². The van der Waals surface area contributed by atoms with Crippen LogP contribution >= 0.6 is 11.6 Å². The van der Waals surface area contributed by atoms with E-state index in [0.29, 0.717) is 11.3 Å². The summed E-state index contributed by atoms with van der Waals surface area (Å²) in [4.78, 5) is 28.2. The average molecular weight is 473 g/mol. The highest BCUT2D eigenvalue weighted by atomic mass is 35.5. The molecule has 0 aliphatic heterocycles. The number of nitrogens with zero attached hydrogens (tertiary/aromatic N) is 1. The normalized spacial score (nSPS) is 15.2. The van der Waals surface area contributed by atoms with E-state index >= 15 is 0 Å². The van der Waals surface area contributed by atoms with E-state index in [1.54, 1.807) is 31.3 Å². The van der Waals surface area contributed by atoms with Crippen LogP contribution in [0.15, 0.2) is 48.5 Å². The molecule has 33 heavy (non-hydrogen) atoms. The number of rotatable bonds is 9. The summed E-state index contributed by atoms with van der Waals surface area (Å²) in [6.45, 7) is 0.254. The number of benzene rings is 2. The average Bonchev–Trinajstić information content (AvgIpc) is 3.12. The van der Waals surface area contributed by atoms with Crippen LogP contribution in [0.5, 0.6) is 11.5 Å². The van der Waals surface area contributed by atoms with E-state index in [9.17, 15) is 9.59 Å². The molecule has 1 aliphatic rings. The third-order valence-corrected chi connectivity index (χ3v) is 6.37. The molecule has 0 bridgehead atoms. The van der Waals surface area contributed by atoms with Crippen LogP contribution in [-0.4, -0.2) is 42.9 Å². The summed E-state index contributed by atoms with van der Waals surface area (Å²) in [7, 11) is 3.20. The summed E-state index contributed by atoms with van der Waals surface area (Å²) >= 11 is 6.00. The summed E-state index contributed by atoms with van der Waals surface area (Å²) in [6.07, 6.45) is 6.53. The molecule has 1 saturated carbocycles. The molecule has 1 aliphatic carbocycles. The molecule has 178 valence electrons. The molecule has 2 aromatic rings. The lowest BCUT2D eigenvalue weighted by molar-refractivity contribution is -0.140. The SMILES string of the molecule is COc1ccc(CN(C(=O)CCl)[C@H](C(=O)NC2CCCCCC2)c2ccc(OC)cc2)cc1. The highest BCUT2D eigenvalue weighted by Crippen LogP contribution is 2.28. The molecule has 0 heterocycles. The standard InChI is InChI=1S/C26H33ClN2O4/c1-32-22-13-9-19(10-14-22)18-29(24(30)17-27)25(20-11-15-23(33-2)16-12-20)26(31)28-21-7-5-3-4-6-8-21/h9-16,21,25H,3-8,17-18H2,1-2H3,(H,28,31)/t25-/m0/s1. The van der Waals surface area contributed by atoms with Crippen LogP contribution in [0.4, 0.5) is 0 Å². The number of hydrogen-bond acceptors (Lipinski definition) is 4. The summed E-state index contributed by atoms with van der Waals surface area (Å²) in [5.74, 6) is 0.724. The zero-order valence-electron chi connectivity index (χ0n) is 19.4. The monoisotopic (exact) mass is 472 g/mol. The van der Waals surface area contributed by atoms with Gasteiger partial charge in [0.05, 0.1) is 14.2 Å². The molecule has 1 N–H and O–H groups in total. The minimum absolute atomic E-state index is 0.120. The quantitative estimate of drug-likeness (QED) is 0.418. The zero-order chi connectivity index (χ0) is 23.6. The molecule has 7 heteroatoms. The maximum atomic E-state index is 13.6. The zero-order valence-corrected chi connectivity index (χ0v) is 20.1. The number of amides is 2. The first-order chi connectivity index (χ1) is 16.0. The van der Waals surface area contributed by atoms with Crippen molar-refractivity contribution in [1.29, 1.82) is 0 Å². The van der Waals surface area contributed by atoms with Crippen molar-refractivity contribution in [3.8, 4) is 11.5 Å². The van der Waals surface area contributed by atoms with Gasteiger partial charge in [-0.15, -0.1) is 11.6 Å². The Labute approximate surface area is 201 Å². The second-order valence-electron chi connectivity index (χ2n) is 8.38. The van der Waals surface area contributed by atoms with Gasteiger partial charge in [0.1, 0.15) is 23.4 Å². The lowest BCUT2D eigenvalue weighted by Crippen LogP contribution is -2.46. The van der Waals surface area contributed by atoms with Crippen molar-refractivity contribution in [1.82, 2.24) is 10.2 Å². The van der Waals surface area contributed by atoms with Gasteiger partial charge >= 0.3 is 0 Å². The highest BCUT2D eigenvalue weighted by Gasteiger charge is 2.32. The van der Waals surface area contributed by atoms with E-state index in [1.807, 2.05) is 36.4 Å². The number of alkyl halides is 1. The van der Waals surface area contributed by atoms with E-state index in [1.165, 1.54) is 12.8 Å². The van der Waals surface area contributed by atoms with Crippen molar-refractivity contribution in [2.45, 2.75) is 57.2 Å². The molecule has 0 spiro atoms. The van der Waals surface area contributed by atoms with Crippen molar-refractivity contribution in [3.05, 3.63) is 59.7 Å². The molecule has 0 unspecified atom stereocenters. The molecule has 1 fully saturated rings. The molecule has 2 aromatic carbocycles. The number of hydrogen-bond donors (Lipinski definition) is 1. The van der Waals surface area contributed by atoms with E-state index in [0.717, 1.165) is 37.0 Å². The van der Waals surface area contributed by atoms with Gasteiger partial charge in [-0.3, -0.25) is 9.59 Å². The fourth-order valence-corrected chi connectivity index (χ4v) is 4.44. The largest absolute Gasteiger partial charge is 0.497 e. The first kappa shape index (κ1) is 24.9. The Hall–Kier alpha value is -2.73. The third-order valence-electron chi connectivity index (χ3n) is 6.14. The molecule has 1 atom stereocenters. The molecular formula is C26H33ClN2O4. The summed E-state index contributed by atoms with van der Waals surface area (Å²) < 4.78 is 10.5. The van der Waals surface area contributed by atoms with Crippen LogP contribution in [0.25, 0.3) is 0 Å². The van der Waals surface area contributed by atoms with Gasteiger partial charge in [0.2, 0.25) is 11.8 Å². The second kappa shape index (κ2) is 12.5. The molecule has 0 saturated heterocycles. The van der Waals surface area contributed by atoms with Gasteiger partial charge in [-0.2, -0.15) is 0 Å². The van der Waals surface area contributed by atoms with E-state index in [4.69, 9.17) is 21.1 Å². The van der Waals surface area contributed by atoms with Crippen LogP contribution in [0.2, 0.25) is 0 Å². The molecule has 0 aromatic heterocycles. The Kier molecular flexibility index (Phi) is 9.43. The number of nitrogens with one attached hydrogen (secondary N) is 1. The second-order valence-corrected chi connectivity index (χ2v) is 8.64. The van der Waals surface area contributed by atoms with Crippen molar-refractivity contribution in [2.24, 2.45) is 0 Å². The smallest absolute Gasteiger partial charge is 0.247 e. The third kappa shape index (κ3) is 6.87. The molecular weight excluding hydrogens is 440 g/mol. The van der Waals surface area contributed by atoms with Crippen LogP contribution in [0, 0.1) is 0 Å². The van der Waals surface area contributed by atoms with Crippen LogP contribution in [0.1, 0.15) is 55.7 Å². The van der Waals surface area contributed by atoms with Gasteiger partial charge in [-0.05, 0) is 48.2 Å². The van der Waals surface area contributed by atoms with Crippen molar-refractivity contribution in [3.63, 3.8) is 0 Å². The summed E-state index contributed by atoms with van der Waals surface area (Å²) in [6, 6.07) is 14.1. The van der Waals surface area contributed by atoms with Gasteiger partial charge in [0.25, 0.3) is 0 Å². The number of carbonyl (C=O) groups excluding carboxylic acids is 2. The number of halogens is 1. The summed E-state index contributed by atoms with van der Waals surface area (Å²) in [5.41, 5.74) is 1.60. The topological polar surface area (TPSA) is 67.9 Å². The van der Waals surface area contributed by atoms with Gasteiger partial charge in [0.15, 0.2) is 0 Å². The van der Waals surface area contributed by atoms with Gasteiger partial charge in [0, 0.05) is 12.6 Å². The molecule has 0 radical (unpaired) electrons. The lowest BCUT2D eigenvalue weighted by atomic mass is 10.0. The van der Waals surface area contributed by atoms with E-state index in [-0.39, 0.29) is 30.3 Å². The predicted octanol–water partition coefficient (Wildman–Crippen LogP) is 4.85. The maximum absolute atomic E-state index is 13.6. The first-order valence-electron chi connectivity index (χ1n) is 11.5. The minimum Gasteiger partial charge on any atom is -0.497 e. The lowest BCUT2D eigenvalue weighted by Gasteiger charge is -2.32. The van der Waals surface area contributed by atoms with Gasteiger partial charge < -0.3 is 19.7 Å². The van der Waals surface area contributed by atoms with Gasteiger partial charge in [-0.25, -0.2) is 0 Å². The summed E-state index contributed by atoms with van der Waals surface area (Å²) in [5, 5.41) is 3.22. The first-order valence-corrected chi connectivity index (χ1v) is 12.0. The van der Waals surface area contributed by atoms with Crippen LogP contribution in [0.3, 0.4) is 0 Å². The fourth-order valence-electron chi connectivity index (χ4n) is 4.29. The van der Waals surface area contributed by atoms with Crippen molar-refractivity contribution < 1.29 is 19.1 Å². The maximum Gasteiger partial charge on any atom is 0.247 e. The Balaban J connectivity index is 1.92. The van der Waals surface area contributed by atoms with Crippen LogP contribution in [-0.2, 0) is 16.1 Å². The molecule has 6 nitrogen and oxygen atoms in total. The van der Waals surface area contributed by atoms with Crippen LogP contribution < -0.4 is 14.8 Å². The Morgan fingerprint density at radius 3 is 2.00 bits per heavy atom. The number of ether oxygens (including phenoxy) is 2. The Morgan fingerprint density at radius 1 is 0.939 bits per heavy atom. The molecule has 2 amide bonds. The Bertz CT molecular complexity index is 894. The van der Waals surface area contributed by atoms with Gasteiger partial charge in [-0.1, -0.05) is 49.9 Å². The number of carbonyl (C=O) groups is 2. The van der Waals surface area contributed by atoms with Crippen molar-refractivity contribution in [2.75, 3.05) is 20.1 Å². The fraction of sp³-hybridized carbons (Fsp3) is 0.462. The minimum atomic E-state index is -0.799.